The van der Waals surface area contributed by atoms with Gasteiger partial charge >= 0.3 is 5.97 Å². The molecule has 0 fully saturated rings. The molecule has 98 valence electrons. The lowest BCUT2D eigenvalue weighted by atomic mass is 9.89. The molecule has 0 heterocycles. The van der Waals surface area contributed by atoms with Crippen LogP contribution in [-0.2, 0) is 19.2 Å². The highest BCUT2D eigenvalue weighted by molar-refractivity contribution is 6.40. The van der Waals surface area contributed by atoms with Crippen molar-refractivity contribution >= 4 is 17.5 Å². The van der Waals surface area contributed by atoms with Crippen molar-refractivity contribution in [1.29, 1.82) is 0 Å². The lowest BCUT2D eigenvalue weighted by molar-refractivity contribution is -0.136. The molecule has 0 radical (unpaired) electrons. The van der Waals surface area contributed by atoms with E-state index >= 15 is 0 Å². The Bertz CT molecular complexity index is 297. The van der Waals surface area contributed by atoms with Crippen molar-refractivity contribution in [3.63, 3.8) is 0 Å². The Morgan fingerprint density at radius 1 is 1.29 bits per heavy atom. The lowest BCUT2D eigenvalue weighted by Gasteiger charge is -2.16. The number of hydrogen-bond acceptors (Lipinski definition) is 5. The molecule has 0 aromatic carbocycles. The summed E-state index contributed by atoms with van der Waals surface area (Å²) in [5, 5.41) is 3.64. The molecule has 0 aliphatic rings. The van der Waals surface area contributed by atoms with Gasteiger partial charge in [0.1, 0.15) is 12.9 Å². The highest BCUT2D eigenvalue weighted by atomic mass is 16.6. The number of ether oxygens (including phenoxy) is 1. The molecule has 0 aliphatic carbocycles. The number of Topliss-reactive ketones (excluding diaryl/α,β-unsaturated/α-hetero) is 1. The van der Waals surface area contributed by atoms with Gasteiger partial charge in [0.2, 0.25) is 0 Å². The first kappa shape index (κ1) is 15.6. The fourth-order valence-electron chi connectivity index (χ4n) is 1.49. The van der Waals surface area contributed by atoms with Crippen LogP contribution in [0.4, 0.5) is 0 Å². The molecule has 0 N–H and O–H groups in total. The number of esters is 1. The van der Waals surface area contributed by atoms with E-state index in [1.54, 1.807) is 6.92 Å². The Labute approximate surface area is 102 Å². The van der Waals surface area contributed by atoms with Crippen LogP contribution in [0, 0.1) is 11.8 Å². The van der Waals surface area contributed by atoms with E-state index in [-0.39, 0.29) is 24.0 Å². The van der Waals surface area contributed by atoms with E-state index in [2.05, 4.69) is 9.99 Å². The fourth-order valence-corrected chi connectivity index (χ4v) is 1.49. The smallest absolute Gasteiger partial charge is 0.356 e. The average molecular weight is 243 g/mol. The monoisotopic (exact) mass is 243 g/mol. The molecule has 0 aromatic heterocycles. The van der Waals surface area contributed by atoms with E-state index in [1.165, 1.54) is 14.0 Å². The van der Waals surface area contributed by atoms with Gasteiger partial charge < -0.3 is 9.57 Å². The molecule has 0 spiro atoms. The number of rotatable bonds is 7. The fraction of sp³-hybridized carbons (Fsp3) is 0.750. The molecule has 0 aliphatic heterocycles. The molecular weight excluding hydrogens is 222 g/mol. The highest BCUT2D eigenvalue weighted by Crippen LogP contribution is 2.16. The summed E-state index contributed by atoms with van der Waals surface area (Å²) in [7, 11) is 1.34. The largest absolute Gasteiger partial charge is 0.461 e. The van der Waals surface area contributed by atoms with Gasteiger partial charge in [-0.15, -0.1) is 0 Å². The topological polar surface area (TPSA) is 65.0 Å². The van der Waals surface area contributed by atoms with E-state index in [4.69, 9.17) is 4.74 Å². The number of carbonyl (C=O) groups is 2. The molecule has 5 heteroatoms. The average Bonchev–Trinajstić information content (AvgIpc) is 2.22. The Balaban J connectivity index is 5.03. The van der Waals surface area contributed by atoms with E-state index < -0.39 is 11.9 Å². The third-order valence-corrected chi connectivity index (χ3v) is 2.20. The zero-order valence-electron chi connectivity index (χ0n) is 11.1. The summed E-state index contributed by atoms with van der Waals surface area (Å²) in [6.07, 6.45) is 0.552. The van der Waals surface area contributed by atoms with Crippen molar-refractivity contribution in [2.75, 3.05) is 13.7 Å². The van der Waals surface area contributed by atoms with Crippen LogP contribution in [0.5, 0.6) is 0 Å². The summed E-state index contributed by atoms with van der Waals surface area (Å²) in [5.41, 5.74) is 0.0514. The molecule has 0 saturated heterocycles. The standard InChI is InChI=1S/C12H21NO4/c1-6-17-12(15)11(13-16-5)10(9(4)14)7-8(2)3/h8,10H,6-7H2,1-5H3/b13-11-. The number of oxime groups is 1. The second-order valence-electron chi connectivity index (χ2n) is 4.17. The van der Waals surface area contributed by atoms with E-state index in [0.29, 0.717) is 6.42 Å². The van der Waals surface area contributed by atoms with E-state index in [0.717, 1.165) is 0 Å². The first-order valence-corrected chi connectivity index (χ1v) is 5.72. The lowest BCUT2D eigenvalue weighted by Crippen LogP contribution is -2.32. The maximum absolute atomic E-state index is 11.7. The number of ketones is 1. The van der Waals surface area contributed by atoms with Gasteiger partial charge in [-0.25, -0.2) is 4.79 Å². The SMILES string of the molecule is CCOC(=O)/C(=N\OC)C(CC(C)C)C(C)=O. The molecule has 17 heavy (non-hydrogen) atoms. The summed E-state index contributed by atoms with van der Waals surface area (Å²) < 4.78 is 4.87. The summed E-state index contributed by atoms with van der Waals surface area (Å²) in [6.45, 7) is 7.34. The van der Waals surface area contributed by atoms with Gasteiger partial charge in [-0.1, -0.05) is 19.0 Å². The first-order chi connectivity index (χ1) is 7.93. The van der Waals surface area contributed by atoms with Crippen LogP contribution in [0.1, 0.15) is 34.1 Å². The number of hydrogen-bond donors (Lipinski definition) is 0. The Morgan fingerprint density at radius 3 is 2.24 bits per heavy atom. The maximum atomic E-state index is 11.7. The van der Waals surface area contributed by atoms with E-state index in [9.17, 15) is 9.59 Å². The quantitative estimate of drug-likeness (QED) is 0.388. The molecular formula is C12H21NO4. The third kappa shape index (κ3) is 5.47. The Morgan fingerprint density at radius 2 is 1.88 bits per heavy atom. The van der Waals surface area contributed by atoms with Gasteiger partial charge in [-0.2, -0.15) is 0 Å². The minimum Gasteiger partial charge on any atom is -0.461 e. The van der Waals surface area contributed by atoms with Crippen LogP contribution in [0.3, 0.4) is 0 Å². The van der Waals surface area contributed by atoms with Gasteiger partial charge in [-0.05, 0) is 26.2 Å². The number of carbonyl (C=O) groups excluding carboxylic acids is 2. The van der Waals surface area contributed by atoms with E-state index in [1.807, 2.05) is 13.8 Å². The van der Waals surface area contributed by atoms with Crippen molar-refractivity contribution in [1.82, 2.24) is 0 Å². The molecule has 5 nitrogen and oxygen atoms in total. The van der Waals surface area contributed by atoms with Crippen LogP contribution in [0.2, 0.25) is 0 Å². The second-order valence-corrected chi connectivity index (χ2v) is 4.17. The zero-order valence-corrected chi connectivity index (χ0v) is 11.1. The molecule has 0 aromatic rings. The molecule has 0 rings (SSSR count). The molecule has 0 bridgehead atoms. The molecule has 1 unspecified atom stereocenters. The van der Waals surface area contributed by atoms with Crippen LogP contribution < -0.4 is 0 Å². The van der Waals surface area contributed by atoms with Crippen molar-refractivity contribution in [3.8, 4) is 0 Å². The third-order valence-electron chi connectivity index (χ3n) is 2.20. The summed E-state index contributed by atoms with van der Waals surface area (Å²) in [5.74, 6) is -0.980. The molecule has 0 saturated carbocycles. The van der Waals surface area contributed by atoms with Crippen molar-refractivity contribution in [2.24, 2.45) is 17.0 Å². The Kier molecular flexibility index (Phi) is 7.18. The Hall–Kier alpha value is -1.39. The number of nitrogens with zero attached hydrogens (tertiary/aromatic N) is 1. The maximum Gasteiger partial charge on any atom is 0.356 e. The van der Waals surface area contributed by atoms with Gasteiger partial charge in [0.15, 0.2) is 5.71 Å². The molecule has 1 atom stereocenters. The van der Waals surface area contributed by atoms with Gasteiger partial charge in [-0.3, -0.25) is 4.79 Å². The summed E-state index contributed by atoms with van der Waals surface area (Å²) >= 11 is 0. The minimum atomic E-state index is -0.588. The van der Waals surface area contributed by atoms with Gasteiger partial charge in [0, 0.05) is 0 Å². The molecule has 0 amide bonds. The van der Waals surface area contributed by atoms with Crippen LogP contribution in [-0.4, -0.2) is 31.2 Å². The highest BCUT2D eigenvalue weighted by Gasteiger charge is 2.29. The van der Waals surface area contributed by atoms with Crippen molar-refractivity contribution < 1.29 is 19.2 Å². The first-order valence-electron chi connectivity index (χ1n) is 5.72. The van der Waals surface area contributed by atoms with Gasteiger partial charge in [0.05, 0.1) is 12.5 Å². The minimum absolute atomic E-state index is 0.0514. The van der Waals surface area contributed by atoms with Crippen LogP contribution in [0.25, 0.3) is 0 Å². The van der Waals surface area contributed by atoms with Crippen molar-refractivity contribution in [2.45, 2.75) is 34.1 Å². The second kappa shape index (κ2) is 7.81. The van der Waals surface area contributed by atoms with Crippen molar-refractivity contribution in [3.05, 3.63) is 0 Å². The zero-order chi connectivity index (χ0) is 13.4. The van der Waals surface area contributed by atoms with Crippen LogP contribution >= 0.6 is 0 Å². The summed E-state index contributed by atoms with van der Waals surface area (Å²) in [6, 6.07) is 0. The normalized spacial score (nSPS) is 13.4. The van der Waals surface area contributed by atoms with Crippen LogP contribution in [0.15, 0.2) is 5.16 Å². The predicted molar refractivity (Wildman–Crippen MR) is 64.7 cm³/mol. The predicted octanol–water partition coefficient (Wildman–Crippen LogP) is 1.80. The van der Waals surface area contributed by atoms with Gasteiger partial charge in [0.25, 0.3) is 0 Å². The summed E-state index contributed by atoms with van der Waals surface area (Å²) in [4.78, 5) is 27.9.